The highest BCUT2D eigenvalue weighted by Gasteiger charge is 2.30. The third-order valence-corrected chi connectivity index (χ3v) is 8.98. The highest BCUT2D eigenvalue weighted by molar-refractivity contribution is 6.30. The fraction of sp³-hybridized carbons (Fsp3) is 0.406. The molecule has 3 aliphatic heterocycles. The summed E-state index contributed by atoms with van der Waals surface area (Å²) in [6, 6.07) is 14.1. The maximum atomic E-state index is 14.6. The largest absolute Gasteiger partial charge is 0.489 e. The number of anilines is 1. The summed E-state index contributed by atoms with van der Waals surface area (Å²) < 4.78 is 33.6. The van der Waals surface area contributed by atoms with Crippen LogP contribution < -0.4 is 10.1 Å². The SMILES string of the molecule is COC(=O)c1ccc2nc(CN3CCC(c4cccc5c4OCC(c4ccc(Cl)cc4F)N5)CC3)n(C[C@@H]3CCO3)c2n1. The first-order chi connectivity index (χ1) is 21.0. The number of carbonyl (C=O) groups is 1. The van der Waals surface area contributed by atoms with Crippen LogP contribution in [0.1, 0.15) is 58.7 Å². The Morgan fingerprint density at radius 2 is 1.95 bits per heavy atom. The summed E-state index contributed by atoms with van der Waals surface area (Å²) in [6.45, 7) is 4.26. The van der Waals surface area contributed by atoms with Gasteiger partial charge >= 0.3 is 5.97 Å². The molecule has 4 aromatic rings. The van der Waals surface area contributed by atoms with Crippen molar-refractivity contribution in [2.75, 3.05) is 38.7 Å². The Labute approximate surface area is 253 Å². The molecule has 9 nitrogen and oxygen atoms in total. The van der Waals surface area contributed by atoms with Gasteiger partial charge in [-0.15, -0.1) is 0 Å². The lowest BCUT2D eigenvalue weighted by molar-refractivity contribution is -0.0593. The summed E-state index contributed by atoms with van der Waals surface area (Å²) in [7, 11) is 1.36. The average molecular weight is 606 g/mol. The number of imidazole rings is 1. The minimum atomic E-state index is -0.465. The summed E-state index contributed by atoms with van der Waals surface area (Å²) >= 11 is 5.95. The monoisotopic (exact) mass is 605 g/mol. The fourth-order valence-corrected chi connectivity index (χ4v) is 6.47. The van der Waals surface area contributed by atoms with Gasteiger partial charge in [0.15, 0.2) is 11.3 Å². The number of piperidine rings is 1. The van der Waals surface area contributed by atoms with Gasteiger partial charge in [-0.05, 0) is 74.2 Å². The van der Waals surface area contributed by atoms with Crippen molar-refractivity contribution in [2.45, 2.75) is 50.4 Å². The second kappa shape index (κ2) is 11.7. The Bertz CT molecular complexity index is 1670. The van der Waals surface area contributed by atoms with Crippen LogP contribution in [0, 0.1) is 5.82 Å². The van der Waals surface area contributed by atoms with Crippen molar-refractivity contribution in [1.29, 1.82) is 0 Å². The number of rotatable bonds is 7. The average Bonchev–Trinajstić information content (AvgIpc) is 3.34. The quantitative estimate of drug-likeness (QED) is 0.267. The number of carbonyl (C=O) groups excluding carboxylic acids is 1. The first-order valence-electron chi connectivity index (χ1n) is 14.7. The lowest BCUT2D eigenvalue weighted by Crippen LogP contribution is -2.35. The number of fused-ring (bicyclic) bond motifs is 2. The van der Waals surface area contributed by atoms with Crippen LogP contribution >= 0.6 is 11.6 Å². The van der Waals surface area contributed by atoms with E-state index >= 15 is 0 Å². The molecule has 43 heavy (non-hydrogen) atoms. The van der Waals surface area contributed by atoms with E-state index < -0.39 is 5.97 Å². The summed E-state index contributed by atoms with van der Waals surface area (Å²) in [5, 5.41) is 3.85. The number of likely N-dealkylation sites (tertiary alicyclic amines) is 1. The number of ether oxygens (including phenoxy) is 3. The molecule has 2 aromatic heterocycles. The number of methoxy groups -OCH3 is 1. The van der Waals surface area contributed by atoms with Crippen LogP contribution in [-0.4, -0.2) is 64.9 Å². The van der Waals surface area contributed by atoms with E-state index in [0.717, 1.165) is 61.7 Å². The van der Waals surface area contributed by atoms with Gasteiger partial charge in [-0.1, -0.05) is 29.8 Å². The number of para-hydroxylation sites is 1. The topological polar surface area (TPSA) is 90.7 Å². The number of pyridine rings is 1. The number of nitrogens with one attached hydrogen (secondary N) is 1. The third kappa shape index (κ3) is 5.55. The number of nitrogens with zero attached hydrogens (tertiary/aromatic N) is 4. The zero-order valence-corrected chi connectivity index (χ0v) is 24.6. The standard InChI is InChI=1S/C32H33ClFN5O4/c1-41-32(40)27-8-7-26-31(37-27)39(16-21-11-14-42-21)29(36-26)17-38-12-9-19(10-13-38)22-3-2-4-25-30(22)43-18-28(35-25)23-6-5-20(33)15-24(23)34/h2-8,15,19,21,28,35H,9-14,16-18H2,1H3/t21-,28?/m0/s1. The van der Waals surface area contributed by atoms with Crippen molar-refractivity contribution in [3.8, 4) is 5.75 Å². The van der Waals surface area contributed by atoms with Crippen molar-refractivity contribution in [1.82, 2.24) is 19.4 Å². The van der Waals surface area contributed by atoms with Crippen LogP contribution in [0.15, 0.2) is 48.5 Å². The molecule has 0 saturated carbocycles. The van der Waals surface area contributed by atoms with Crippen molar-refractivity contribution >= 4 is 34.4 Å². The number of hydrogen-bond acceptors (Lipinski definition) is 8. The maximum Gasteiger partial charge on any atom is 0.356 e. The molecule has 2 aromatic carbocycles. The van der Waals surface area contributed by atoms with E-state index in [9.17, 15) is 9.18 Å². The second-order valence-electron chi connectivity index (χ2n) is 11.4. The van der Waals surface area contributed by atoms with Gasteiger partial charge in [-0.2, -0.15) is 0 Å². The van der Waals surface area contributed by atoms with Crippen molar-refractivity contribution in [3.05, 3.63) is 82.0 Å². The molecular formula is C32H33ClFN5O4. The smallest absolute Gasteiger partial charge is 0.356 e. The number of aromatic nitrogens is 3. The van der Waals surface area contributed by atoms with Gasteiger partial charge in [0, 0.05) is 17.2 Å². The van der Waals surface area contributed by atoms with Gasteiger partial charge < -0.3 is 24.1 Å². The predicted molar refractivity (Wildman–Crippen MR) is 160 cm³/mol. The lowest BCUT2D eigenvalue weighted by atomic mass is 9.88. The molecule has 5 heterocycles. The molecule has 0 bridgehead atoms. The van der Waals surface area contributed by atoms with Crippen LogP contribution in [0.4, 0.5) is 10.1 Å². The van der Waals surface area contributed by atoms with Gasteiger partial charge in [0.25, 0.3) is 0 Å². The molecule has 0 aliphatic carbocycles. The fourth-order valence-electron chi connectivity index (χ4n) is 6.31. The zero-order valence-electron chi connectivity index (χ0n) is 23.9. The number of benzene rings is 2. The molecule has 7 rings (SSSR count). The second-order valence-corrected chi connectivity index (χ2v) is 11.8. The van der Waals surface area contributed by atoms with E-state index in [2.05, 4.69) is 25.8 Å². The van der Waals surface area contributed by atoms with E-state index in [4.69, 9.17) is 30.8 Å². The van der Waals surface area contributed by atoms with Crippen molar-refractivity contribution < 1.29 is 23.4 Å². The van der Waals surface area contributed by atoms with Crippen molar-refractivity contribution in [3.63, 3.8) is 0 Å². The van der Waals surface area contributed by atoms with Gasteiger partial charge in [-0.25, -0.2) is 19.2 Å². The number of halogens is 2. The highest BCUT2D eigenvalue weighted by atomic mass is 35.5. The van der Waals surface area contributed by atoms with Crippen LogP contribution in [0.25, 0.3) is 11.2 Å². The molecule has 2 saturated heterocycles. The predicted octanol–water partition coefficient (Wildman–Crippen LogP) is 5.72. The molecule has 1 unspecified atom stereocenters. The molecule has 11 heteroatoms. The minimum Gasteiger partial charge on any atom is -0.489 e. The van der Waals surface area contributed by atoms with Crippen molar-refractivity contribution in [2.24, 2.45) is 0 Å². The molecule has 3 aliphatic rings. The van der Waals surface area contributed by atoms with E-state index in [1.165, 1.54) is 18.7 Å². The van der Waals surface area contributed by atoms with E-state index in [1.54, 1.807) is 18.2 Å². The summed E-state index contributed by atoms with van der Waals surface area (Å²) in [5.41, 5.74) is 4.32. The molecule has 2 atom stereocenters. The Kier molecular flexibility index (Phi) is 7.67. The molecule has 0 radical (unpaired) electrons. The summed E-state index contributed by atoms with van der Waals surface area (Å²) in [4.78, 5) is 24.1. The van der Waals surface area contributed by atoms with Crippen LogP contribution in [0.5, 0.6) is 5.75 Å². The first-order valence-corrected chi connectivity index (χ1v) is 15.1. The molecule has 0 amide bonds. The molecule has 224 valence electrons. The number of esters is 1. The van der Waals surface area contributed by atoms with Crippen LogP contribution in [0.2, 0.25) is 5.02 Å². The maximum absolute atomic E-state index is 14.6. The first kappa shape index (κ1) is 28.1. The Morgan fingerprint density at radius 1 is 1.12 bits per heavy atom. The van der Waals surface area contributed by atoms with Gasteiger partial charge in [0.1, 0.15) is 29.5 Å². The normalized spacial score (nSPS) is 20.6. The zero-order chi connectivity index (χ0) is 29.5. The Morgan fingerprint density at radius 3 is 2.70 bits per heavy atom. The molecular weight excluding hydrogens is 573 g/mol. The number of hydrogen-bond donors (Lipinski definition) is 1. The van der Waals surface area contributed by atoms with Gasteiger partial charge in [-0.3, -0.25) is 4.90 Å². The Balaban J connectivity index is 1.05. The molecule has 0 spiro atoms. The van der Waals surface area contributed by atoms with Crippen LogP contribution in [0.3, 0.4) is 0 Å². The van der Waals surface area contributed by atoms with Gasteiger partial charge in [0.05, 0.1) is 38.0 Å². The highest BCUT2D eigenvalue weighted by Crippen LogP contribution is 2.43. The summed E-state index contributed by atoms with van der Waals surface area (Å²) in [5.74, 6) is 1.33. The van der Waals surface area contributed by atoms with Crippen LogP contribution in [-0.2, 0) is 22.6 Å². The minimum absolute atomic E-state index is 0.124. The molecule has 2 fully saturated rings. The summed E-state index contributed by atoms with van der Waals surface area (Å²) in [6.07, 6.45) is 3.08. The lowest BCUT2D eigenvalue weighted by Gasteiger charge is -2.35. The van der Waals surface area contributed by atoms with Gasteiger partial charge in [0.2, 0.25) is 0 Å². The molecule has 1 N–H and O–H groups in total. The third-order valence-electron chi connectivity index (χ3n) is 8.75. The van der Waals surface area contributed by atoms with E-state index in [0.29, 0.717) is 41.8 Å². The Hall–Kier alpha value is -3.73. The van der Waals surface area contributed by atoms with E-state index in [1.807, 2.05) is 18.2 Å². The van der Waals surface area contributed by atoms with E-state index in [-0.39, 0.29) is 23.7 Å².